The van der Waals surface area contributed by atoms with Gasteiger partial charge in [-0.15, -0.1) is 0 Å². The van der Waals surface area contributed by atoms with E-state index in [1.807, 2.05) is 15.9 Å². The van der Waals surface area contributed by atoms with Crippen LogP contribution in [0.15, 0.2) is 18.2 Å². The lowest BCUT2D eigenvalue weighted by Crippen LogP contribution is -2.37. The first-order valence-electron chi connectivity index (χ1n) is 8.79. The van der Waals surface area contributed by atoms with Gasteiger partial charge in [0.2, 0.25) is 6.41 Å². The Morgan fingerprint density at radius 1 is 1.44 bits per heavy atom. The standard InChI is InChI=1S/C17H24FN5O3S/c1-25-17(27)19-9-14-10-22(12-26-14)13-2-3-16(15(18)8-13)21-5-4-20-23(11-24)7-6-21/h2-3,8,11,14,20H,4-7,9-10,12H2,1H3,(H,19,27)/t14-/m0/s1. The summed E-state index contributed by atoms with van der Waals surface area (Å²) in [5, 5.41) is 4.78. The van der Waals surface area contributed by atoms with E-state index in [1.165, 1.54) is 18.2 Å². The number of hydrogen-bond acceptors (Lipinski definition) is 7. The zero-order chi connectivity index (χ0) is 19.2. The molecule has 1 amide bonds. The van der Waals surface area contributed by atoms with Crippen molar-refractivity contribution in [2.45, 2.75) is 6.10 Å². The number of nitrogens with zero attached hydrogens (tertiary/aromatic N) is 3. The summed E-state index contributed by atoms with van der Waals surface area (Å²) in [6, 6.07) is 5.21. The summed E-state index contributed by atoms with van der Waals surface area (Å²) in [4.78, 5) is 14.8. The third-order valence-corrected chi connectivity index (χ3v) is 4.93. The zero-order valence-corrected chi connectivity index (χ0v) is 16.0. The summed E-state index contributed by atoms with van der Waals surface area (Å²) < 4.78 is 25.3. The molecule has 0 unspecified atom stereocenters. The van der Waals surface area contributed by atoms with Gasteiger partial charge in [-0.1, -0.05) is 0 Å². The number of benzene rings is 1. The molecule has 8 nitrogen and oxygen atoms in total. The molecule has 0 aliphatic carbocycles. The average molecular weight is 397 g/mol. The maximum absolute atomic E-state index is 14.7. The summed E-state index contributed by atoms with van der Waals surface area (Å²) in [7, 11) is 1.51. The van der Waals surface area contributed by atoms with Gasteiger partial charge >= 0.3 is 0 Å². The van der Waals surface area contributed by atoms with Crippen molar-refractivity contribution < 1.29 is 18.7 Å². The highest BCUT2D eigenvalue weighted by atomic mass is 32.1. The molecule has 2 saturated heterocycles. The summed E-state index contributed by atoms with van der Waals surface area (Å²) in [5.41, 5.74) is 4.30. The molecule has 0 radical (unpaired) electrons. The predicted molar refractivity (Wildman–Crippen MR) is 104 cm³/mol. The number of anilines is 2. The maximum atomic E-state index is 14.7. The first kappa shape index (κ1) is 19.6. The topological polar surface area (TPSA) is 69.3 Å². The molecule has 3 rings (SSSR count). The Morgan fingerprint density at radius 3 is 3.04 bits per heavy atom. The van der Waals surface area contributed by atoms with Crippen LogP contribution in [0.1, 0.15) is 0 Å². The van der Waals surface area contributed by atoms with Crippen LogP contribution in [0.5, 0.6) is 0 Å². The van der Waals surface area contributed by atoms with Crippen LogP contribution in [-0.4, -0.2) is 75.8 Å². The third-order valence-electron chi connectivity index (χ3n) is 4.62. The summed E-state index contributed by atoms with van der Waals surface area (Å²) in [6.45, 7) is 3.85. The van der Waals surface area contributed by atoms with Gasteiger partial charge in [0.1, 0.15) is 12.5 Å². The quantitative estimate of drug-likeness (QED) is 0.543. The molecule has 0 bridgehead atoms. The zero-order valence-electron chi connectivity index (χ0n) is 15.2. The summed E-state index contributed by atoms with van der Waals surface area (Å²) >= 11 is 4.95. The molecule has 1 atom stereocenters. The second-order valence-electron chi connectivity index (χ2n) is 6.34. The van der Waals surface area contributed by atoms with E-state index in [0.717, 1.165) is 12.1 Å². The number of carbonyl (C=O) groups is 1. The van der Waals surface area contributed by atoms with Crippen LogP contribution in [0.25, 0.3) is 0 Å². The molecule has 2 N–H and O–H groups in total. The molecule has 2 heterocycles. The van der Waals surface area contributed by atoms with Crippen LogP contribution in [0.3, 0.4) is 0 Å². The number of amides is 1. The fraction of sp³-hybridized carbons (Fsp3) is 0.529. The lowest BCUT2D eigenvalue weighted by Gasteiger charge is -2.24. The fourth-order valence-electron chi connectivity index (χ4n) is 3.15. The highest BCUT2D eigenvalue weighted by molar-refractivity contribution is 7.80. The van der Waals surface area contributed by atoms with Gasteiger partial charge in [0.15, 0.2) is 0 Å². The Balaban J connectivity index is 1.60. The number of nitrogens with one attached hydrogen (secondary N) is 2. The van der Waals surface area contributed by atoms with E-state index in [1.54, 1.807) is 6.07 Å². The normalized spacial score (nSPS) is 20.4. The number of hydrazine groups is 1. The van der Waals surface area contributed by atoms with E-state index in [2.05, 4.69) is 10.7 Å². The van der Waals surface area contributed by atoms with Crippen LogP contribution in [0.2, 0.25) is 0 Å². The fourth-order valence-corrected chi connectivity index (χ4v) is 3.23. The van der Waals surface area contributed by atoms with Gasteiger partial charge in [-0.2, -0.15) is 0 Å². The second-order valence-corrected chi connectivity index (χ2v) is 6.71. The van der Waals surface area contributed by atoms with E-state index in [4.69, 9.17) is 21.7 Å². The van der Waals surface area contributed by atoms with Crippen molar-refractivity contribution in [3.63, 3.8) is 0 Å². The van der Waals surface area contributed by atoms with Crippen molar-refractivity contribution in [2.24, 2.45) is 0 Å². The van der Waals surface area contributed by atoms with Gasteiger partial charge < -0.3 is 24.6 Å². The van der Waals surface area contributed by atoms with Crippen LogP contribution in [0, 0.1) is 5.82 Å². The Morgan fingerprint density at radius 2 is 2.30 bits per heavy atom. The van der Waals surface area contributed by atoms with Crippen molar-refractivity contribution in [2.75, 3.05) is 62.9 Å². The van der Waals surface area contributed by atoms with Gasteiger partial charge in [0.25, 0.3) is 5.17 Å². The molecule has 0 saturated carbocycles. The molecule has 1 aromatic rings. The minimum atomic E-state index is -0.283. The van der Waals surface area contributed by atoms with E-state index in [0.29, 0.717) is 56.9 Å². The molecule has 0 spiro atoms. The number of thiocarbonyl (C=S) groups is 1. The monoisotopic (exact) mass is 397 g/mol. The highest BCUT2D eigenvalue weighted by Gasteiger charge is 2.25. The van der Waals surface area contributed by atoms with Gasteiger partial charge in [-0.3, -0.25) is 9.80 Å². The van der Waals surface area contributed by atoms with Gasteiger partial charge in [-0.25, -0.2) is 9.82 Å². The smallest absolute Gasteiger partial charge is 0.256 e. The molecule has 148 valence electrons. The Hall–Kier alpha value is -2.17. The number of halogens is 1. The molecule has 0 aromatic heterocycles. The van der Waals surface area contributed by atoms with Crippen molar-refractivity contribution in [3.8, 4) is 0 Å². The van der Waals surface area contributed by atoms with Crippen LogP contribution in [-0.2, 0) is 14.3 Å². The van der Waals surface area contributed by atoms with Crippen LogP contribution in [0.4, 0.5) is 15.8 Å². The largest absolute Gasteiger partial charge is 0.474 e. The average Bonchev–Trinajstić information content (AvgIpc) is 3.03. The molecule has 2 aliphatic rings. The van der Waals surface area contributed by atoms with Gasteiger partial charge in [0, 0.05) is 38.4 Å². The SMILES string of the molecule is COC(=S)NC[C@H]1CN(c2ccc(N3CCNN(C=O)CC3)c(F)c2)CO1. The first-order valence-corrected chi connectivity index (χ1v) is 9.20. The number of methoxy groups -OCH3 is 1. The Labute approximate surface area is 163 Å². The van der Waals surface area contributed by atoms with Gasteiger partial charge in [0.05, 0.1) is 25.4 Å². The minimum absolute atomic E-state index is 0.0492. The Kier molecular flexibility index (Phi) is 6.64. The van der Waals surface area contributed by atoms with E-state index >= 15 is 0 Å². The van der Waals surface area contributed by atoms with Crippen molar-refractivity contribution in [1.29, 1.82) is 0 Å². The molecule has 2 aliphatic heterocycles. The van der Waals surface area contributed by atoms with E-state index < -0.39 is 0 Å². The third kappa shape index (κ3) is 4.96. The predicted octanol–water partition coefficient (Wildman–Crippen LogP) is 0.292. The van der Waals surface area contributed by atoms with Gasteiger partial charge in [-0.05, 0) is 30.4 Å². The number of carbonyl (C=O) groups excluding carboxylic acids is 1. The summed E-state index contributed by atoms with van der Waals surface area (Å²) in [5.74, 6) is -0.283. The second kappa shape index (κ2) is 9.16. The summed E-state index contributed by atoms with van der Waals surface area (Å²) in [6.07, 6.45) is 0.702. The molecule has 10 heteroatoms. The van der Waals surface area contributed by atoms with Crippen LogP contribution >= 0.6 is 12.2 Å². The lowest BCUT2D eigenvalue weighted by molar-refractivity contribution is -0.120. The molecule has 2 fully saturated rings. The van der Waals surface area contributed by atoms with E-state index in [9.17, 15) is 9.18 Å². The Bertz CT molecular complexity index is 680. The minimum Gasteiger partial charge on any atom is -0.474 e. The molecule has 1 aromatic carbocycles. The van der Waals surface area contributed by atoms with Crippen molar-refractivity contribution >= 4 is 35.2 Å². The lowest BCUT2D eigenvalue weighted by atomic mass is 10.2. The maximum Gasteiger partial charge on any atom is 0.256 e. The highest BCUT2D eigenvalue weighted by Crippen LogP contribution is 2.27. The number of hydrogen-bond donors (Lipinski definition) is 2. The molecular formula is C17H24FN5O3S. The van der Waals surface area contributed by atoms with E-state index in [-0.39, 0.29) is 11.9 Å². The van der Waals surface area contributed by atoms with Crippen LogP contribution < -0.4 is 20.5 Å². The van der Waals surface area contributed by atoms with Crippen molar-refractivity contribution in [1.82, 2.24) is 15.8 Å². The van der Waals surface area contributed by atoms with Crippen molar-refractivity contribution in [3.05, 3.63) is 24.0 Å². The number of ether oxygens (including phenoxy) is 2. The molecular weight excluding hydrogens is 373 g/mol. The number of rotatable bonds is 5. The first-order chi connectivity index (χ1) is 13.1. The molecule has 27 heavy (non-hydrogen) atoms.